The molecule has 0 aliphatic carbocycles. The standard InChI is InChI=1S/C19H22ClNO3/c20-17-5-1-15(2-6-17)16-3-7-19(8-4-16)24-14-18(22)13-21-9-11-23-12-10-21/h1-8,18,22H,9-14H2. The molecule has 24 heavy (non-hydrogen) atoms. The highest BCUT2D eigenvalue weighted by Gasteiger charge is 2.15. The highest BCUT2D eigenvalue weighted by Crippen LogP contribution is 2.24. The Morgan fingerprint density at radius 1 is 1.00 bits per heavy atom. The monoisotopic (exact) mass is 347 g/mol. The third kappa shape index (κ3) is 4.95. The lowest BCUT2D eigenvalue weighted by Gasteiger charge is -2.28. The lowest BCUT2D eigenvalue weighted by molar-refractivity contribution is 0.00466. The molecule has 2 aromatic carbocycles. The van der Waals surface area contributed by atoms with Gasteiger partial charge in [0.2, 0.25) is 0 Å². The minimum atomic E-state index is -0.501. The van der Waals surface area contributed by atoms with Crippen molar-refractivity contribution >= 4 is 11.6 Å². The maximum absolute atomic E-state index is 10.1. The van der Waals surface area contributed by atoms with Gasteiger partial charge in [0.25, 0.3) is 0 Å². The van der Waals surface area contributed by atoms with Gasteiger partial charge in [0, 0.05) is 24.7 Å². The second kappa shape index (κ2) is 8.49. The number of halogens is 1. The number of aliphatic hydroxyl groups excluding tert-OH is 1. The van der Waals surface area contributed by atoms with E-state index in [0.717, 1.165) is 48.2 Å². The first-order valence-corrected chi connectivity index (χ1v) is 8.55. The van der Waals surface area contributed by atoms with Gasteiger partial charge >= 0.3 is 0 Å². The largest absolute Gasteiger partial charge is 0.491 e. The number of hydrogen-bond donors (Lipinski definition) is 1. The Bertz CT molecular complexity index is 624. The lowest BCUT2D eigenvalue weighted by atomic mass is 10.1. The molecule has 1 saturated heterocycles. The summed E-state index contributed by atoms with van der Waals surface area (Å²) in [6.45, 7) is 4.11. The normalized spacial score (nSPS) is 16.8. The lowest BCUT2D eigenvalue weighted by Crippen LogP contribution is -2.42. The van der Waals surface area contributed by atoms with Crippen LogP contribution in [0.15, 0.2) is 48.5 Å². The van der Waals surface area contributed by atoms with E-state index in [9.17, 15) is 5.11 Å². The second-order valence-corrected chi connectivity index (χ2v) is 6.35. The van der Waals surface area contributed by atoms with Crippen LogP contribution in [0.5, 0.6) is 5.75 Å². The van der Waals surface area contributed by atoms with Crippen LogP contribution in [0.25, 0.3) is 11.1 Å². The zero-order valence-electron chi connectivity index (χ0n) is 13.5. The molecule has 1 heterocycles. The number of ether oxygens (including phenoxy) is 2. The van der Waals surface area contributed by atoms with Crippen LogP contribution < -0.4 is 4.74 Å². The highest BCUT2D eigenvalue weighted by molar-refractivity contribution is 6.30. The zero-order valence-corrected chi connectivity index (χ0v) is 14.3. The van der Waals surface area contributed by atoms with Crippen molar-refractivity contribution in [2.75, 3.05) is 39.5 Å². The smallest absolute Gasteiger partial charge is 0.119 e. The molecule has 128 valence electrons. The van der Waals surface area contributed by atoms with Crippen LogP contribution in [-0.4, -0.2) is 55.6 Å². The number of β-amino-alcohol motifs (C(OH)–C–C–N with tert-alkyl or cyclic N) is 1. The predicted octanol–water partition coefficient (Wildman–Crippen LogP) is 3.08. The maximum atomic E-state index is 10.1. The molecule has 0 saturated carbocycles. The van der Waals surface area contributed by atoms with E-state index in [4.69, 9.17) is 21.1 Å². The van der Waals surface area contributed by atoms with Gasteiger partial charge in [0.05, 0.1) is 13.2 Å². The van der Waals surface area contributed by atoms with E-state index in [2.05, 4.69) is 4.90 Å². The van der Waals surface area contributed by atoms with Crippen molar-refractivity contribution in [1.82, 2.24) is 4.90 Å². The minimum absolute atomic E-state index is 0.289. The van der Waals surface area contributed by atoms with Crippen molar-refractivity contribution in [3.05, 3.63) is 53.6 Å². The van der Waals surface area contributed by atoms with Crippen LogP contribution in [-0.2, 0) is 4.74 Å². The number of morpholine rings is 1. The molecule has 5 heteroatoms. The van der Waals surface area contributed by atoms with Crippen LogP contribution in [0.3, 0.4) is 0 Å². The first-order chi connectivity index (χ1) is 11.7. The molecule has 0 radical (unpaired) electrons. The zero-order chi connectivity index (χ0) is 16.8. The molecule has 1 N–H and O–H groups in total. The summed E-state index contributed by atoms with van der Waals surface area (Å²) in [5.41, 5.74) is 2.21. The van der Waals surface area contributed by atoms with Gasteiger partial charge in [-0.3, -0.25) is 4.90 Å². The number of rotatable bonds is 6. The van der Waals surface area contributed by atoms with Crippen LogP contribution in [0.2, 0.25) is 5.02 Å². The van der Waals surface area contributed by atoms with Crippen LogP contribution in [0.1, 0.15) is 0 Å². The van der Waals surface area contributed by atoms with Crippen molar-refractivity contribution in [1.29, 1.82) is 0 Å². The fourth-order valence-electron chi connectivity index (χ4n) is 2.71. The second-order valence-electron chi connectivity index (χ2n) is 5.91. The Morgan fingerprint density at radius 3 is 2.21 bits per heavy atom. The van der Waals surface area contributed by atoms with E-state index >= 15 is 0 Å². The van der Waals surface area contributed by atoms with E-state index in [1.54, 1.807) is 0 Å². The molecule has 1 atom stereocenters. The van der Waals surface area contributed by atoms with Gasteiger partial charge in [-0.25, -0.2) is 0 Å². The first kappa shape index (κ1) is 17.2. The highest BCUT2D eigenvalue weighted by atomic mass is 35.5. The SMILES string of the molecule is OC(COc1ccc(-c2ccc(Cl)cc2)cc1)CN1CCOCC1. The molecule has 3 rings (SSSR count). The summed E-state index contributed by atoms with van der Waals surface area (Å²) in [6, 6.07) is 15.6. The van der Waals surface area contributed by atoms with Crippen molar-refractivity contribution in [2.24, 2.45) is 0 Å². The molecule has 0 aromatic heterocycles. The summed E-state index contributed by atoms with van der Waals surface area (Å²) in [5.74, 6) is 0.758. The molecule has 1 aliphatic heterocycles. The topological polar surface area (TPSA) is 41.9 Å². The third-order valence-electron chi connectivity index (χ3n) is 4.05. The summed E-state index contributed by atoms with van der Waals surface area (Å²) in [6.07, 6.45) is -0.501. The summed E-state index contributed by atoms with van der Waals surface area (Å²) in [4.78, 5) is 2.20. The Morgan fingerprint density at radius 2 is 1.58 bits per heavy atom. The quantitative estimate of drug-likeness (QED) is 0.872. The molecule has 2 aromatic rings. The molecule has 0 amide bonds. The van der Waals surface area contributed by atoms with Crippen molar-refractivity contribution in [3.63, 3.8) is 0 Å². The van der Waals surface area contributed by atoms with Crippen LogP contribution >= 0.6 is 11.6 Å². The van der Waals surface area contributed by atoms with Crippen molar-refractivity contribution < 1.29 is 14.6 Å². The molecule has 1 aliphatic rings. The van der Waals surface area contributed by atoms with Gasteiger partial charge in [0.1, 0.15) is 18.5 Å². The number of benzene rings is 2. The summed E-state index contributed by atoms with van der Waals surface area (Å²) in [7, 11) is 0. The molecular weight excluding hydrogens is 326 g/mol. The third-order valence-corrected chi connectivity index (χ3v) is 4.30. The van der Waals surface area contributed by atoms with E-state index in [1.807, 2.05) is 48.5 Å². The number of nitrogens with zero attached hydrogens (tertiary/aromatic N) is 1. The van der Waals surface area contributed by atoms with Gasteiger partial charge in [-0.1, -0.05) is 35.9 Å². The summed E-state index contributed by atoms with van der Waals surface area (Å²) >= 11 is 5.91. The Labute approximate surface area is 147 Å². The molecule has 4 nitrogen and oxygen atoms in total. The Hall–Kier alpha value is -1.59. The van der Waals surface area contributed by atoms with E-state index in [0.29, 0.717) is 6.54 Å². The van der Waals surface area contributed by atoms with Crippen molar-refractivity contribution in [3.8, 4) is 16.9 Å². The van der Waals surface area contributed by atoms with Gasteiger partial charge < -0.3 is 14.6 Å². The summed E-state index contributed by atoms with van der Waals surface area (Å²) in [5, 5.41) is 10.8. The van der Waals surface area contributed by atoms with E-state index < -0.39 is 6.10 Å². The van der Waals surface area contributed by atoms with Crippen LogP contribution in [0.4, 0.5) is 0 Å². The van der Waals surface area contributed by atoms with Crippen LogP contribution in [0, 0.1) is 0 Å². The maximum Gasteiger partial charge on any atom is 0.119 e. The first-order valence-electron chi connectivity index (χ1n) is 8.18. The van der Waals surface area contributed by atoms with E-state index in [1.165, 1.54) is 0 Å². The van der Waals surface area contributed by atoms with Gasteiger partial charge in [0.15, 0.2) is 0 Å². The molecule has 0 bridgehead atoms. The van der Waals surface area contributed by atoms with Gasteiger partial charge in [-0.05, 0) is 35.4 Å². The van der Waals surface area contributed by atoms with Crippen molar-refractivity contribution in [2.45, 2.75) is 6.10 Å². The van der Waals surface area contributed by atoms with E-state index in [-0.39, 0.29) is 6.61 Å². The number of aliphatic hydroxyl groups is 1. The average Bonchev–Trinajstić information content (AvgIpc) is 2.62. The fourth-order valence-corrected chi connectivity index (χ4v) is 2.84. The van der Waals surface area contributed by atoms with Gasteiger partial charge in [-0.2, -0.15) is 0 Å². The predicted molar refractivity (Wildman–Crippen MR) is 95.6 cm³/mol. The molecule has 0 spiro atoms. The van der Waals surface area contributed by atoms with Gasteiger partial charge in [-0.15, -0.1) is 0 Å². The Balaban J connectivity index is 1.49. The average molecular weight is 348 g/mol. The molecule has 1 unspecified atom stereocenters. The fraction of sp³-hybridized carbons (Fsp3) is 0.368. The Kier molecular flexibility index (Phi) is 6.10. The molecular formula is C19H22ClNO3. The minimum Gasteiger partial charge on any atom is -0.491 e. The summed E-state index contributed by atoms with van der Waals surface area (Å²) < 4.78 is 11.0. The number of hydrogen-bond acceptors (Lipinski definition) is 4. The molecule has 1 fully saturated rings.